The minimum absolute atomic E-state index is 0.0937. The van der Waals surface area contributed by atoms with Crippen LogP contribution in [0.5, 0.6) is 11.6 Å². The van der Waals surface area contributed by atoms with Crippen molar-refractivity contribution in [3.63, 3.8) is 0 Å². The summed E-state index contributed by atoms with van der Waals surface area (Å²) in [5.74, 6) is -1.02. The molecule has 0 fully saturated rings. The number of carbonyl (C=O) groups excluding carboxylic acids is 1. The summed E-state index contributed by atoms with van der Waals surface area (Å²) in [7, 11) is 0. The van der Waals surface area contributed by atoms with Crippen LogP contribution in [-0.4, -0.2) is 25.7 Å². The number of hydrogen-bond acceptors (Lipinski definition) is 9. The number of amides is 1. The highest BCUT2D eigenvalue weighted by molar-refractivity contribution is 9.10. The molecule has 0 spiro atoms. The quantitative estimate of drug-likeness (QED) is 0.384. The van der Waals surface area contributed by atoms with Crippen molar-refractivity contribution in [2.45, 2.75) is 0 Å². The molecule has 3 rings (SSSR count). The zero-order chi connectivity index (χ0) is 21.7. The van der Waals surface area contributed by atoms with Gasteiger partial charge in [0.25, 0.3) is 11.6 Å². The highest BCUT2D eigenvalue weighted by Gasteiger charge is 2.25. The monoisotopic (exact) mass is 474 g/mol. The van der Waals surface area contributed by atoms with Crippen LogP contribution >= 0.6 is 15.9 Å². The highest BCUT2D eigenvalue weighted by atomic mass is 79.9. The van der Waals surface area contributed by atoms with E-state index >= 15 is 0 Å². The molecule has 0 saturated heterocycles. The number of nitro groups is 2. The van der Waals surface area contributed by atoms with Crippen LogP contribution in [-0.2, 0) is 0 Å². The third-order valence-corrected chi connectivity index (χ3v) is 4.16. The molecular formula is C17H11BrN6O6. The number of nitrogens with one attached hydrogen (secondary N) is 2. The molecule has 0 bridgehead atoms. The van der Waals surface area contributed by atoms with Crippen LogP contribution in [0.25, 0.3) is 0 Å². The summed E-state index contributed by atoms with van der Waals surface area (Å²) in [5.41, 5.74) is 3.91. The van der Waals surface area contributed by atoms with Gasteiger partial charge in [0.2, 0.25) is 5.82 Å². The Bertz CT molecular complexity index is 1110. The molecular weight excluding hydrogens is 464 g/mol. The number of aromatic nitrogens is 2. The molecule has 0 aliphatic heterocycles. The number of benzene rings is 2. The fourth-order valence-electron chi connectivity index (χ4n) is 2.23. The van der Waals surface area contributed by atoms with Crippen molar-refractivity contribution in [1.29, 1.82) is 0 Å². The van der Waals surface area contributed by atoms with Crippen molar-refractivity contribution in [3.8, 4) is 11.6 Å². The second-order valence-electron chi connectivity index (χ2n) is 5.57. The lowest BCUT2D eigenvalue weighted by Gasteiger charge is -2.10. The van der Waals surface area contributed by atoms with Crippen molar-refractivity contribution >= 4 is 39.0 Å². The Balaban J connectivity index is 1.78. The van der Waals surface area contributed by atoms with Crippen molar-refractivity contribution in [2.24, 2.45) is 0 Å². The first-order valence-corrected chi connectivity index (χ1v) is 8.88. The molecule has 0 saturated carbocycles. The maximum absolute atomic E-state index is 12.2. The van der Waals surface area contributed by atoms with E-state index in [1.807, 2.05) is 0 Å². The molecule has 0 unspecified atom stereocenters. The van der Waals surface area contributed by atoms with Gasteiger partial charge in [-0.25, -0.2) is 4.98 Å². The van der Waals surface area contributed by atoms with E-state index in [2.05, 4.69) is 36.7 Å². The van der Waals surface area contributed by atoms with Gasteiger partial charge in [-0.2, -0.15) is 4.98 Å². The molecule has 0 radical (unpaired) electrons. The molecule has 0 aliphatic carbocycles. The van der Waals surface area contributed by atoms with Crippen LogP contribution in [0, 0.1) is 20.2 Å². The van der Waals surface area contributed by atoms with E-state index in [0.29, 0.717) is 5.75 Å². The van der Waals surface area contributed by atoms with Crippen LogP contribution in [0.3, 0.4) is 0 Å². The third-order valence-electron chi connectivity index (χ3n) is 3.63. The molecule has 0 aliphatic rings. The fourth-order valence-corrected chi connectivity index (χ4v) is 2.49. The number of rotatable bonds is 7. The zero-order valence-electron chi connectivity index (χ0n) is 14.8. The smallest absolute Gasteiger partial charge is 0.374 e. The van der Waals surface area contributed by atoms with Crippen molar-refractivity contribution in [1.82, 2.24) is 15.4 Å². The van der Waals surface area contributed by atoms with Gasteiger partial charge in [-0.05, 0) is 36.4 Å². The zero-order valence-corrected chi connectivity index (χ0v) is 16.4. The average Bonchev–Trinajstić information content (AvgIpc) is 2.73. The summed E-state index contributed by atoms with van der Waals surface area (Å²) in [6.07, 6.45) is 1.03. The minimum atomic E-state index is -0.755. The Kier molecular flexibility index (Phi) is 6.12. The van der Waals surface area contributed by atoms with Gasteiger partial charge in [0, 0.05) is 22.2 Å². The molecule has 1 heterocycles. The van der Waals surface area contributed by atoms with Gasteiger partial charge in [-0.3, -0.25) is 35.9 Å². The summed E-state index contributed by atoms with van der Waals surface area (Å²) in [6, 6.07) is 11.3. The van der Waals surface area contributed by atoms with E-state index in [-0.39, 0.29) is 22.9 Å². The van der Waals surface area contributed by atoms with Gasteiger partial charge in [-0.15, -0.1) is 0 Å². The number of carbonyl (C=O) groups is 1. The van der Waals surface area contributed by atoms with E-state index in [0.717, 1.165) is 22.9 Å². The summed E-state index contributed by atoms with van der Waals surface area (Å²) in [6.45, 7) is 0. The Labute approximate surface area is 176 Å². The maximum Gasteiger partial charge on any atom is 0.374 e. The molecule has 13 heteroatoms. The number of hydrazine groups is 1. The van der Waals surface area contributed by atoms with Gasteiger partial charge in [0.15, 0.2) is 0 Å². The summed E-state index contributed by atoms with van der Waals surface area (Å²) >= 11 is 3.27. The number of halogens is 1. The average molecular weight is 475 g/mol. The van der Waals surface area contributed by atoms with Gasteiger partial charge >= 0.3 is 11.6 Å². The second kappa shape index (κ2) is 8.91. The van der Waals surface area contributed by atoms with Crippen LogP contribution in [0.2, 0.25) is 0 Å². The Hall–Kier alpha value is -4.13. The molecule has 1 amide bonds. The Morgan fingerprint density at radius 2 is 1.63 bits per heavy atom. The molecule has 0 atom stereocenters. The predicted octanol–water partition coefficient (Wildman–Crippen LogP) is 3.60. The SMILES string of the molecule is O=C(NNc1ncnc(Oc2ccc(Br)cc2)c1[N+](=O)[O-])c1ccc([N+](=O)[O-])cc1. The topological polar surface area (TPSA) is 162 Å². The van der Waals surface area contributed by atoms with Gasteiger partial charge < -0.3 is 4.74 Å². The Morgan fingerprint density at radius 1 is 0.967 bits per heavy atom. The van der Waals surface area contributed by atoms with Crippen LogP contribution in [0.4, 0.5) is 17.2 Å². The first-order valence-electron chi connectivity index (χ1n) is 8.09. The lowest BCUT2D eigenvalue weighted by Crippen LogP contribution is -2.30. The minimum Gasteiger partial charge on any atom is -0.434 e. The molecule has 152 valence electrons. The number of non-ortho nitro benzene ring substituents is 1. The fraction of sp³-hybridized carbons (Fsp3) is 0. The first-order chi connectivity index (χ1) is 14.3. The molecule has 3 aromatic rings. The lowest BCUT2D eigenvalue weighted by molar-refractivity contribution is -0.385. The largest absolute Gasteiger partial charge is 0.434 e. The van der Waals surface area contributed by atoms with Crippen LogP contribution in [0.15, 0.2) is 59.3 Å². The third kappa shape index (κ3) is 4.82. The molecule has 12 nitrogen and oxygen atoms in total. The van der Waals surface area contributed by atoms with E-state index in [9.17, 15) is 25.0 Å². The van der Waals surface area contributed by atoms with Crippen molar-refractivity contribution in [2.75, 3.05) is 5.43 Å². The standard InChI is InChI=1S/C17H11BrN6O6/c18-11-3-7-13(8-4-11)30-17-14(24(28)29)15(19-9-20-17)21-22-16(25)10-1-5-12(6-2-10)23(26)27/h1-9H,(H,22,25)(H,19,20,21). The lowest BCUT2D eigenvalue weighted by atomic mass is 10.2. The summed E-state index contributed by atoms with van der Waals surface area (Å²) in [5, 5.41) is 22.2. The molecule has 2 aromatic carbocycles. The van der Waals surface area contributed by atoms with Crippen molar-refractivity contribution < 1.29 is 19.4 Å². The first kappa shape index (κ1) is 20.6. The molecule has 2 N–H and O–H groups in total. The van der Waals surface area contributed by atoms with E-state index in [1.165, 1.54) is 12.1 Å². The van der Waals surface area contributed by atoms with Gasteiger partial charge in [-0.1, -0.05) is 15.9 Å². The number of nitro benzene ring substituents is 1. The number of nitrogens with zero attached hydrogens (tertiary/aromatic N) is 4. The summed E-state index contributed by atoms with van der Waals surface area (Å²) in [4.78, 5) is 40.6. The highest BCUT2D eigenvalue weighted by Crippen LogP contribution is 2.34. The maximum atomic E-state index is 12.2. The van der Waals surface area contributed by atoms with Crippen LogP contribution in [0.1, 0.15) is 10.4 Å². The van der Waals surface area contributed by atoms with E-state index in [4.69, 9.17) is 4.74 Å². The van der Waals surface area contributed by atoms with E-state index in [1.54, 1.807) is 24.3 Å². The summed E-state index contributed by atoms with van der Waals surface area (Å²) < 4.78 is 6.26. The number of hydrogen-bond donors (Lipinski definition) is 2. The molecule has 1 aromatic heterocycles. The number of anilines is 1. The predicted molar refractivity (Wildman–Crippen MR) is 107 cm³/mol. The van der Waals surface area contributed by atoms with Crippen LogP contribution < -0.4 is 15.6 Å². The van der Waals surface area contributed by atoms with Gasteiger partial charge in [0.1, 0.15) is 12.1 Å². The molecule has 30 heavy (non-hydrogen) atoms. The number of ether oxygens (including phenoxy) is 1. The van der Waals surface area contributed by atoms with Crippen molar-refractivity contribution in [3.05, 3.63) is 85.1 Å². The van der Waals surface area contributed by atoms with E-state index < -0.39 is 21.4 Å². The normalized spacial score (nSPS) is 10.2. The second-order valence-corrected chi connectivity index (χ2v) is 6.49. The Morgan fingerprint density at radius 3 is 2.23 bits per heavy atom. The van der Waals surface area contributed by atoms with Gasteiger partial charge in [0.05, 0.1) is 9.85 Å².